The minimum absolute atomic E-state index is 0.0777. The highest BCUT2D eigenvalue weighted by Gasteiger charge is 2.35. The largest absolute Gasteiger partial charge is 0.489 e. The molecule has 1 unspecified atom stereocenters. The van der Waals surface area contributed by atoms with Gasteiger partial charge in [0.15, 0.2) is 5.69 Å². The lowest BCUT2D eigenvalue weighted by Gasteiger charge is -2.44. The lowest BCUT2D eigenvalue weighted by Crippen LogP contribution is -2.57. The molecule has 1 aromatic carbocycles. The Morgan fingerprint density at radius 3 is 2.78 bits per heavy atom. The second-order valence-electron chi connectivity index (χ2n) is 8.29. The maximum absolute atomic E-state index is 12.8. The number of aromatic nitrogens is 2. The number of hydrogen-bond acceptors (Lipinski definition) is 5. The highest BCUT2D eigenvalue weighted by atomic mass is 16.5. The third-order valence-corrected chi connectivity index (χ3v) is 6.37. The van der Waals surface area contributed by atoms with E-state index in [4.69, 9.17) is 4.74 Å². The fraction of sp³-hybridized carbons (Fsp3) is 0.600. The summed E-state index contributed by atoms with van der Waals surface area (Å²) in [5, 5.41) is 11.4. The van der Waals surface area contributed by atoms with Gasteiger partial charge in [0.1, 0.15) is 11.9 Å². The average Bonchev–Trinajstić information content (AvgIpc) is 3.28. The average molecular weight is 369 g/mol. The molecular formula is C20H27N5O2. The van der Waals surface area contributed by atoms with E-state index in [2.05, 4.69) is 32.4 Å². The molecule has 2 bridgehead atoms. The first kappa shape index (κ1) is 17.0. The Morgan fingerprint density at radius 1 is 1.22 bits per heavy atom. The molecule has 0 radical (unpaired) electrons. The number of rotatable bonds is 4. The van der Waals surface area contributed by atoms with E-state index in [1.807, 2.05) is 18.2 Å². The van der Waals surface area contributed by atoms with Crippen molar-refractivity contribution < 1.29 is 9.53 Å². The zero-order chi connectivity index (χ0) is 18.4. The van der Waals surface area contributed by atoms with Crippen LogP contribution >= 0.6 is 0 Å². The number of nitrogens with zero attached hydrogens (tertiary/aromatic N) is 3. The lowest BCUT2D eigenvalue weighted by atomic mass is 9.84. The lowest BCUT2D eigenvalue weighted by molar-refractivity contribution is 0.0618. The van der Waals surface area contributed by atoms with Crippen LogP contribution in [0, 0.1) is 5.92 Å². The third kappa shape index (κ3) is 3.30. The molecule has 7 heteroatoms. The summed E-state index contributed by atoms with van der Waals surface area (Å²) in [4.78, 5) is 17.5. The van der Waals surface area contributed by atoms with E-state index in [-0.39, 0.29) is 18.1 Å². The zero-order valence-corrected chi connectivity index (χ0v) is 15.8. The molecule has 4 fully saturated rings. The number of likely N-dealkylation sites (tertiary alicyclic amines) is 1. The number of nitrogens with one attached hydrogen (secondary N) is 2. The first-order valence-corrected chi connectivity index (χ1v) is 10.0. The fourth-order valence-electron chi connectivity index (χ4n) is 4.79. The molecule has 2 aromatic rings. The number of H-pyrrole nitrogens is 1. The number of ether oxygens (including phenoxy) is 1. The van der Waals surface area contributed by atoms with Gasteiger partial charge in [-0.1, -0.05) is 0 Å². The van der Waals surface area contributed by atoms with Gasteiger partial charge < -0.3 is 19.9 Å². The van der Waals surface area contributed by atoms with E-state index < -0.39 is 0 Å². The topological polar surface area (TPSA) is 73.5 Å². The van der Waals surface area contributed by atoms with E-state index in [1.165, 1.54) is 25.9 Å². The predicted molar refractivity (Wildman–Crippen MR) is 103 cm³/mol. The molecule has 4 aliphatic rings. The fourth-order valence-corrected chi connectivity index (χ4v) is 4.79. The Balaban J connectivity index is 1.30. The molecule has 2 N–H and O–H groups in total. The van der Waals surface area contributed by atoms with E-state index in [1.54, 1.807) is 0 Å². The molecule has 0 spiro atoms. The summed E-state index contributed by atoms with van der Waals surface area (Å²) in [6, 6.07) is 6.08. The highest BCUT2D eigenvalue weighted by molar-refractivity contribution is 6.05. The van der Waals surface area contributed by atoms with Gasteiger partial charge in [-0.3, -0.25) is 9.89 Å². The Hall–Kier alpha value is -2.12. The van der Waals surface area contributed by atoms with Gasteiger partial charge in [-0.05, 0) is 57.5 Å². The number of fused-ring (bicyclic) bond motifs is 4. The van der Waals surface area contributed by atoms with Gasteiger partial charge in [-0.2, -0.15) is 5.10 Å². The number of aromatic amines is 1. The maximum Gasteiger partial charge on any atom is 0.272 e. The first-order chi connectivity index (χ1) is 13.2. The normalized spacial score (nSPS) is 30.7. The minimum Gasteiger partial charge on any atom is -0.489 e. The first-order valence-electron chi connectivity index (χ1n) is 10.0. The second kappa shape index (κ2) is 6.80. The van der Waals surface area contributed by atoms with Gasteiger partial charge in [0.25, 0.3) is 5.91 Å². The van der Waals surface area contributed by atoms with Gasteiger partial charge in [-0.15, -0.1) is 0 Å². The van der Waals surface area contributed by atoms with Crippen molar-refractivity contribution >= 4 is 16.8 Å². The Bertz CT molecular complexity index is 842. The van der Waals surface area contributed by atoms with Crippen molar-refractivity contribution in [3.8, 4) is 5.75 Å². The van der Waals surface area contributed by atoms with Crippen LogP contribution in [-0.2, 0) is 0 Å². The summed E-state index contributed by atoms with van der Waals surface area (Å²) < 4.78 is 6.08. The standard InChI is InChI=1S/C20H27N5O2/c1-24-7-6-15(11-24)27-14-2-3-16-17(10-14)22-23-19(16)20(26)21-18-12-25-8-4-13(18)5-9-25/h2-3,10,13,15,18H,4-9,11-12H2,1H3,(H,21,26)(H,22,23)/t15?,18-/m1/s1. The molecule has 1 aromatic heterocycles. The van der Waals surface area contributed by atoms with Crippen molar-refractivity contribution in [2.75, 3.05) is 39.8 Å². The Morgan fingerprint density at radius 2 is 2.07 bits per heavy atom. The second-order valence-corrected chi connectivity index (χ2v) is 8.29. The van der Waals surface area contributed by atoms with Crippen LogP contribution in [0.2, 0.25) is 0 Å². The van der Waals surface area contributed by atoms with E-state index >= 15 is 0 Å². The number of piperidine rings is 3. The van der Waals surface area contributed by atoms with Crippen LogP contribution < -0.4 is 10.1 Å². The van der Waals surface area contributed by atoms with E-state index in [0.29, 0.717) is 11.6 Å². The maximum atomic E-state index is 12.8. The molecule has 4 saturated heterocycles. The van der Waals surface area contributed by atoms with Crippen molar-refractivity contribution in [2.45, 2.75) is 31.4 Å². The molecule has 7 nitrogen and oxygen atoms in total. The molecule has 5 heterocycles. The number of hydrogen-bond donors (Lipinski definition) is 2. The van der Waals surface area contributed by atoms with E-state index in [0.717, 1.165) is 42.7 Å². The van der Waals surface area contributed by atoms with Crippen molar-refractivity contribution in [3.05, 3.63) is 23.9 Å². The molecule has 144 valence electrons. The van der Waals surface area contributed by atoms with Gasteiger partial charge in [0.05, 0.1) is 5.52 Å². The van der Waals surface area contributed by atoms with Crippen LogP contribution in [0.5, 0.6) is 5.75 Å². The predicted octanol–water partition coefficient (Wildman–Crippen LogP) is 1.47. The third-order valence-electron chi connectivity index (χ3n) is 6.37. The molecule has 6 rings (SSSR count). The summed E-state index contributed by atoms with van der Waals surface area (Å²) >= 11 is 0. The van der Waals surface area contributed by atoms with Crippen LogP contribution in [-0.4, -0.2) is 77.8 Å². The molecule has 1 amide bonds. The highest BCUT2D eigenvalue weighted by Crippen LogP contribution is 2.28. The molecule has 0 saturated carbocycles. The molecule has 4 aliphatic heterocycles. The number of benzene rings is 1. The monoisotopic (exact) mass is 369 g/mol. The van der Waals surface area contributed by atoms with Crippen molar-refractivity contribution in [2.24, 2.45) is 5.92 Å². The molecule has 0 aliphatic carbocycles. The van der Waals surface area contributed by atoms with Gasteiger partial charge in [-0.25, -0.2) is 0 Å². The number of carbonyl (C=O) groups excluding carboxylic acids is 1. The van der Waals surface area contributed by atoms with Gasteiger partial charge >= 0.3 is 0 Å². The van der Waals surface area contributed by atoms with Crippen molar-refractivity contribution in [1.82, 2.24) is 25.3 Å². The van der Waals surface area contributed by atoms with Crippen LogP contribution in [0.4, 0.5) is 0 Å². The van der Waals surface area contributed by atoms with Crippen molar-refractivity contribution in [1.29, 1.82) is 0 Å². The number of likely N-dealkylation sites (N-methyl/N-ethyl adjacent to an activating group) is 1. The van der Waals surface area contributed by atoms with Crippen LogP contribution in [0.15, 0.2) is 18.2 Å². The smallest absolute Gasteiger partial charge is 0.272 e. The van der Waals surface area contributed by atoms with Crippen molar-refractivity contribution in [3.63, 3.8) is 0 Å². The van der Waals surface area contributed by atoms with Crippen LogP contribution in [0.3, 0.4) is 0 Å². The number of amides is 1. The Labute approximate surface area is 159 Å². The van der Waals surface area contributed by atoms with Gasteiger partial charge in [0, 0.05) is 37.1 Å². The molecular weight excluding hydrogens is 342 g/mol. The summed E-state index contributed by atoms with van der Waals surface area (Å²) in [5.41, 5.74) is 1.33. The summed E-state index contributed by atoms with van der Waals surface area (Å²) in [6.45, 7) is 5.32. The van der Waals surface area contributed by atoms with Crippen LogP contribution in [0.1, 0.15) is 29.8 Å². The SMILES string of the molecule is CN1CCC(Oc2ccc3c(C(=O)N[C@@H]4CN5CCC4CC5)n[nH]c3c2)C1. The minimum atomic E-state index is -0.0777. The number of carbonyl (C=O) groups is 1. The Kier molecular flexibility index (Phi) is 4.28. The molecule has 27 heavy (non-hydrogen) atoms. The molecule has 2 atom stereocenters. The summed E-state index contributed by atoms with van der Waals surface area (Å²) in [6.07, 6.45) is 3.65. The van der Waals surface area contributed by atoms with Gasteiger partial charge in [0.2, 0.25) is 0 Å². The zero-order valence-electron chi connectivity index (χ0n) is 15.8. The summed E-state index contributed by atoms with van der Waals surface area (Å²) in [7, 11) is 2.11. The van der Waals surface area contributed by atoms with Crippen LogP contribution in [0.25, 0.3) is 10.9 Å². The quantitative estimate of drug-likeness (QED) is 0.854. The van der Waals surface area contributed by atoms with E-state index in [9.17, 15) is 4.79 Å². The summed E-state index contributed by atoms with van der Waals surface area (Å²) in [5.74, 6) is 1.36.